The second-order valence-corrected chi connectivity index (χ2v) is 11.6. The molecule has 8 heteroatoms. The number of anilines is 1. The molecule has 1 aliphatic heterocycles. The topological polar surface area (TPSA) is 79.8 Å². The van der Waals surface area contributed by atoms with Crippen molar-refractivity contribution in [2.75, 3.05) is 32.9 Å². The van der Waals surface area contributed by atoms with Crippen LogP contribution in [-0.2, 0) is 6.42 Å². The van der Waals surface area contributed by atoms with E-state index in [1.54, 1.807) is 11.3 Å². The van der Waals surface area contributed by atoms with E-state index in [1.807, 2.05) is 40.9 Å². The summed E-state index contributed by atoms with van der Waals surface area (Å²) in [6.07, 6.45) is 4.96. The van der Waals surface area contributed by atoms with Crippen LogP contribution < -0.4 is 5.73 Å². The van der Waals surface area contributed by atoms with Crippen molar-refractivity contribution in [3.8, 4) is 0 Å². The lowest BCUT2D eigenvalue weighted by molar-refractivity contribution is 0.0545. The highest BCUT2D eigenvalue weighted by atomic mass is 32.1. The lowest BCUT2D eigenvalue weighted by Gasteiger charge is -2.39. The monoisotopic (exact) mass is 512 g/mol. The highest BCUT2D eigenvalue weighted by Crippen LogP contribution is 2.36. The molecule has 2 aromatic carbocycles. The third kappa shape index (κ3) is 4.45. The van der Waals surface area contributed by atoms with Crippen LogP contribution in [-0.4, -0.2) is 57.3 Å². The van der Waals surface area contributed by atoms with Crippen LogP contribution in [0.4, 0.5) is 5.82 Å². The summed E-state index contributed by atoms with van der Waals surface area (Å²) in [5.74, 6) is 1.00. The zero-order valence-electron chi connectivity index (χ0n) is 21.5. The molecule has 0 radical (unpaired) electrons. The van der Waals surface area contributed by atoms with Gasteiger partial charge in [0.1, 0.15) is 5.82 Å². The largest absolute Gasteiger partial charge is 0.382 e. The maximum atomic E-state index is 14.0. The Labute approximate surface area is 220 Å². The number of benzene rings is 2. The van der Waals surface area contributed by atoms with Gasteiger partial charge in [-0.05, 0) is 80.9 Å². The summed E-state index contributed by atoms with van der Waals surface area (Å²) >= 11 is 1.77. The van der Waals surface area contributed by atoms with E-state index in [0.717, 1.165) is 59.4 Å². The lowest BCUT2D eigenvalue weighted by atomic mass is 9.89. The summed E-state index contributed by atoms with van der Waals surface area (Å²) in [5, 5.41) is 1.16. The van der Waals surface area contributed by atoms with E-state index < -0.39 is 0 Å². The average molecular weight is 513 g/mol. The first kappa shape index (κ1) is 23.9. The maximum Gasteiger partial charge on any atom is 0.254 e. The fourth-order valence-corrected chi connectivity index (χ4v) is 6.38. The summed E-state index contributed by atoms with van der Waals surface area (Å²) < 4.78 is 3.21. The molecule has 2 unspecified atom stereocenters. The molecule has 0 aliphatic carbocycles. The van der Waals surface area contributed by atoms with Crippen molar-refractivity contribution in [2.45, 2.75) is 32.2 Å². The van der Waals surface area contributed by atoms with Crippen molar-refractivity contribution in [1.29, 1.82) is 0 Å². The van der Waals surface area contributed by atoms with Gasteiger partial charge in [0.2, 0.25) is 0 Å². The molecule has 1 aliphatic rings. The van der Waals surface area contributed by atoms with Crippen LogP contribution >= 0.6 is 11.3 Å². The van der Waals surface area contributed by atoms with Crippen LogP contribution in [0, 0.1) is 5.92 Å². The minimum atomic E-state index is 0.0341. The number of likely N-dealkylation sites (N-methyl/N-ethyl adjacent to an activating group) is 1. The van der Waals surface area contributed by atoms with Gasteiger partial charge in [-0.25, -0.2) is 9.97 Å². The van der Waals surface area contributed by atoms with E-state index in [2.05, 4.69) is 54.0 Å². The molecule has 5 aromatic rings. The lowest BCUT2D eigenvalue weighted by Crippen LogP contribution is -2.41. The van der Waals surface area contributed by atoms with Gasteiger partial charge in [0, 0.05) is 31.3 Å². The number of nitrogens with zero attached hydrogens (tertiary/aromatic N) is 5. The first-order valence-corrected chi connectivity index (χ1v) is 13.7. The fraction of sp³-hybridized carbons (Fsp3) is 0.345. The second-order valence-electron chi connectivity index (χ2n) is 10.5. The van der Waals surface area contributed by atoms with E-state index in [9.17, 15) is 4.79 Å². The van der Waals surface area contributed by atoms with Gasteiger partial charge in [0.15, 0.2) is 0 Å². The van der Waals surface area contributed by atoms with Crippen LogP contribution in [0.1, 0.15) is 46.7 Å². The van der Waals surface area contributed by atoms with Crippen LogP contribution in [0.25, 0.3) is 26.8 Å². The Balaban J connectivity index is 1.34. The molecule has 1 fully saturated rings. The van der Waals surface area contributed by atoms with Crippen molar-refractivity contribution < 1.29 is 4.79 Å². The molecule has 0 bridgehead atoms. The Morgan fingerprint density at radius 1 is 1.08 bits per heavy atom. The van der Waals surface area contributed by atoms with Gasteiger partial charge in [-0.15, -0.1) is 11.3 Å². The molecule has 1 amide bonds. The molecule has 0 spiro atoms. The number of hydrogen-bond acceptors (Lipinski definition) is 6. The number of nitrogens with two attached hydrogens (primary N) is 1. The Kier molecular flexibility index (Phi) is 6.09. The van der Waals surface area contributed by atoms with E-state index >= 15 is 0 Å². The number of hydrogen-bond donors (Lipinski definition) is 1. The van der Waals surface area contributed by atoms with Gasteiger partial charge < -0.3 is 19.9 Å². The van der Waals surface area contributed by atoms with Gasteiger partial charge in [-0.3, -0.25) is 4.79 Å². The van der Waals surface area contributed by atoms with Crippen molar-refractivity contribution >= 4 is 49.8 Å². The first-order chi connectivity index (χ1) is 17.9. The molecule has 0 saturated carbocycles. The number of amides is 1. The molecule has 37 heavy (non-hydrogen) atoms. The highest BCUT2D eigenvalue weighted by molar-refractivity contribution is 7.18. The van der Waals surface area contributed by atoms with Crippen LogP contribution in [0.3, 0.4) is 0 Å². The van der Waals surface area contributed by atoms with Crippen LogP contribution in [0.15, 0.2) is 54.7 Å². The summed E-state index contributed by atoms with van der Waals surface area (Å²) in [7, 11) is 4.17. The second kappa shape index (κ2) is 9.43. The average Bonchev–Trinajstić information content (AvgIpc) is 3.54. The number of carbonyl (C=O) groups is 1. The molecular formula is C29H32N6OS. The fourth-order valence-electron chi connectivity index (χ4n) is 5.45. The summed E-state index contributed by atoms with van der Waals surface area (Å²) in [6.45, 7) is 3.95. The van der Waals surface area contributed by atoms with Crippen molar-refractivity contribution in [1.82, 2.24) is 24.2 Å². The third-order valence-electron chi connectivity index (χ3n) is 7.43. The molecule has 4 heterocycles. The number of rotatable bonds is 5. The number of nitrogen functional groups attached to an aromatic ring is 1. The van der Waals surface area contributed by atoms with Gasteiger partial charge >= 0.3 is 0 Å². The van der Waals surface area contributed by atoms with E-state index in [4.69, 9.17) is 10.7 Å². The number of aromatic nitrogens is 3. The molecule has 6 rings (SSSR count). The molecule has 3 aromatic heterocycles. The van der Waals surface area contributed by atoms with Crippen molar-refractivity contribution in [3.05, 3.63) is 70.9 Å². The molecule has 190 valence electrons. The number of piperidine rings is 1. The Bertz CT molecular complexity index is 1620. The molecule has 2 atom stereocenters. The quantitative estimate of drug-likeness (QED) is 0.341. The van der Waals surface area contributed by atoms with E-state index in [-0.39, 0.29) is 11.9 Å². The smallest absolute Gasteiger partial charge is 0.254 e. The summed E-state index contributed by atoms with van der Waals surface area (Å²) in [4.78, 5) is 27.7. The maximum absolute atomic E-state index is 14.0. The van der Waals surface area contributed by atoms with Crippen LogP contribution in [0.2, 0.25) is 0 Å². The molecule has 1 saturated heterocycles. The van der Waals surface area contributed by atoms with Gasteiger partial charge in [-0.1, -0.05) is 13.0 Å². The predicted molar refractivity (Wildman–Crippen MR) is 151 cm³/mol. The first-order valence-electron chi connectivity index (χ1n) is 12.9. The Morgan fingerprint density at radius 2 is 1.95 bits per heavy atom. The van der Waals surface area contributed by atoms with E-state index in [0.29, 0.717) is 17.3 Å². The summed E-state index contributed by atoms with van der Waals surface area (Å²) in [6, 6.07) is 16.2. The number of fused-ring (bicyclic) bond motifs is 4. The zero-order chi connectivity index (χ0) is 25.7. The van der Waals surface area contributed by atoms with Gasteiger partial charge in [-0.2, -0.15) is 0 Å². The number of thiazole rings is 1. The zero-order valence-corrected chi connectivity index (χ0v) is 22.3. The van der Waals surface area contributed by atoms with Gasteiger partial charge in [0.25, 0.3) is 5.91 Å². The SMILES string of the molecule is CC1CCC(c2ccc3sc(CCN(C)C)nc3c2)N(C(=O)c2ccc3nc(N)c4cccn4c3c2)C1. The number of carbonyl (C=O) groups excluding carboxylic acids is 1. The number of likely N-dealkylation sites (tertiary alicyclic amines) is 1. The Morgan fingerprint density at radius 3 is 2.78 bits per heavy atom. The standard InChI is InChI=1S/C29H32N6OS/c1-18-6-10-23(19-8-11-26-22(15-19)31-27(37-26)12-14-33(2)3)35(17-18)29(36)20-7-9-21-25(16-20)34-13-4-5-24(34)28(30)32-21/h4-5,7-9,11,13,15-16,18,23H,6,10,12,14,17H2,1-3H3,(H2,30,32). The third-order valence-corrected chi connectivity index (χ3v) is 8.52. The molecule has 2 N–H and O–H groups in total. The predicted octanol–water partition coefficient (Wildman–Crippen LogP) is 5.40. The van der Waals surface area contributed by atoms with Crippen molar-refractivity contribution in [2.24, 2.45) is 5.92 Å². The minimum Gasteiger partial charge on any atom is -0.382 e. The van der Waals surface area contributed by atoms with Crippen molar-refractivity contribution in [3.63, 3.8) is 0 Å². The summed E-state index contributed by atoms with van der Waals surface area (Å²) in [5.41, 5.74) is 11.5. The minimum absolute atomic E-state index is 0.0341. The van der Waals surface area contributed by atoms with Gasteiger partial charge in [0.05, 0.1) is 37.8 Å². The van der Waals surface area contributed by atoms with Crippen LogP contribution in [0.5, 0.6) is 0 Å². The normalized spacial score (nSPS) is 18.4. The van der Waals surface area contributed by atoms with E-state index in [1.165, 1.54) is 10.3 Å². The molecular weight excluding hydrogens is 480 g/mol. The molecule has 7 nitrogen and oxygen atoms in total. The Hall–Kier alpha value is -3.49. The highest BCUT2D eigenvalue weighted by Gasteiger charge is 2.32.